The van der Waals surface area contributed by atoms with Crippen LogP contribution in [0, 0.1) is 5.92 Å². The topological polar surface area (TPSA) is 70.2 Å². The highest BCUT2D eigenvalue weighted by Gasteiger charge is 2.62. The molecule has 2 aliphatic heterocycles. The minimum atomic E-state index is -0.894. The number of fused-ring (bicyclic) bond motifs is 2. The Balaban J connectivity index is 1.56. The summed E-state index contributed by atoms with van der Waals surface area (Å²) in [6.45, 7) is 10.1. The number of para-hydroxylation sites is 1. The number of anilines is 2. The zero-order chi connectivity index (χ0) is 30.6. The van der Waals surface area contributed by atoms with E-state index >= 15 is 0 Å². The van der Waals surface area contributed by atoms with Gasteiger partial charge in [-0.3, -0.25) is 14.5 Å². The van der Waals surface area contributed by atoms with Crippen molar-refractivity contribution in [1.29, 1.82) is 0 Å². The van der Waals surface area contributed by atoms with Crippen LogP contribution < -0.4 is 4.90 Å². The number of rotatable bonds is 4. The first-order chi connectivity index (χ1) is 19.8. The molecule has 2 aliphatic rings. The van der Waals surface area contributed by atoms with E-state index in [4.69, 9.17) is 16.3 Å². The van der Waals surface area contributed by atoms with Crippen molar-refractivity contribution >= 4 is 40.9 Å². The van der Waals surface area contributed by atoms with E-state index in [0.717, 1.165) is 28.1 Å². The highest BCUT2D eigenvalue weighted by atomic mass is 35.5. The van der Waals surface area contributed by atoms with Crippen molar-refractivity contribution in [2.45, 2.75) is 58.1 Å². The van der Waals surface area contributed by atoms with Gasteiger partial charge in [0.05, 0.1) is 27.7 Å². The Hall–Kier alpha value is -3.84. The van der Waals surface area contributed by atoms with Crippen LogP contribution in [0.2, 0.25) is 5.02 Å². The Kier molecular flexibility index (Phi) is 7.60. The van der Waals surface area contributed by atoms with E-state index in [0.29, 0.717) is 23.6 Å². The van der Waals surface area contributed by atoms with Crippen LogP contribution in [0.5, 0.6) is 0 Å². The third-order valence-electron chi connectivity index (χ3n) is 8.10. The van der Waals surface area contributed by atoms with Gasteiger partial charge in [0, 0.05) is 26.3 Å². The largest absolute Gasteiger partial charge is 0.444 e. The van der Waals surface area contributed by atoms with Crippen LogP contribution in [0.25, 0.3) is 11.1 Å². The Morgan fingerprint density at radius 1 is 1.00 bits per heavy atom. The lowest BCUT2D eigenvalue weighted by Crippen LogP contribution is -2.53. The van der Waals surface area contributed by atoms with Crippen LogP contribution in [0.15, 0.2) is 66.7 Å². The van der Waals surface area contributed by atoms with Gasteiger partial charge >= 0.3 is 6.09 Å². The molecule has 3 amide bonds. The normalized spacial score (nSPS) is 19.9. The lowest BCUT2D eigenvalue weighted by molar-refractivity contribution is -0.123. The first kappa shape index (κ1) is 29.6. The molecular formula is C34H38ClN3O4. The van der Waals surface area contributed by atoms with Gasteiger partial charge in [-0.15, -0.1) is 0 Å². The summed E-state index contributed by atoms with van der Waals surface area (Å²) in [4.78, 5) is 45.6. The molecule has 8 heteroatoms. The summed E-state index contributed by atoms with van der Waals surface area (Å²) >= 11 is 6.53. The number of carbonyl (C=O) groups is 3. The molecular weight excluding hydrogens is 550 g/mol. The summed E-state index contributed by atoms with van der Waals surface area (Å²) in [7, 11) is 3.38. The van der Waals surface area contributed by atoms with Crippen LogP contribution in [0.1, 0.15) is 57.0 Å². The van der Waals surface area contributed by atoms with Gasteiger partial charge in [-0.1, -0.05) is 61.8 Å². The molecule has 42 heavy (non-hydrogen) atoms. The van der Waals surface area contributed by atoms with E-state index in [9.17, 15) is 14.4 Å². The summed E-state index contributed by atoms with van der Waals surface area (Å²) in [6.07, 6.45) is 0.120. The maximum atomic E-state index is 14.7. The first-order valence-electron chi connectivity index (χ1n) is 14.3. The predicted molar refractivity (Wildman–Crippen MR) is 166 cm³/mol. The van der Waals surface area contributed by atoms with Crippen molar-refractivity contribution in [1.82, 2.24) is 9.80 Å². The van der Waals surface area contributed by atoms with Crippen molar-refractivity contribution in [2.24, 2.45) is 5.92 Å². The average molecular weight is 588 g/mol. The molecule has 220 valence electrons. The minimum absolute atomic E-state index is 0.00819. The van der Waals surface area contributed by atoms with Gasteiger partial charge < -0.3 is 14.5 Å². The number of likely N-dealkylation sites (tertiary alicyclic amines) is 1. The van der Waals surface area contributed by atoms with E-state index in [1.807, 2.05) is 75.4 Å². The summed E-state index contributed by atoms with van der Waals surface area (Å²) < 4.78 is 5.78. The highest BCUT2D eigenvalue weighted by molar-refractivity contribution is 6.34. The molecule has 0 unspecified atom stereocenters. The SMILES string of the molecule is CC(C)[C@@H]1N(C(=O)OC(C)(C)C)CC[C@@]12C(=O)N(c1cccc(-c3ccc(C(=O)N(C)C)c(Cl)c3)c1)c1ccccc12. The number of hydrogen-bond acceptors (Lipinski definition) is 4. The Labute approximate surface area is 253 Å². The molecule has 0 aromatic heterocycles. The molecule has 0 bridgehead atoms. The Morgan fingerprint density at radius 3 is 2.33 bits per heavy atom. The number of nitrogens with zero attached hydrogens (tertiary/aromatic N) is 3. The predicted octanol–water partition coefficient (Wildman–Crippen LogP) is 7.29. The molecule has 3 aromatic carbocycles. The monoisotopic (exact) mass is 587 g/mol. The van der Waals surface area contributed by atoms with Gasteiger partial charge in [-0.05, 0) is 80.1 Å². The van der Waals surface area contributed by atoms with Crippen molar-refractivity contribution in [2.75, 3.05) is 25.5 Å². The van der Waals surface area contributed by atoms with Crippen molar-refractivity contribution < 1.29 is 19.1 Å². The second kappa shape index (κ2) is 10.8. The molecule has 1 saturated heterocycles. The van der Waals surface area contributed by atoms with Crippen LogP contribution in [0.4, 0.5) is 16.2 Å². The Morgan fingerprint density at radius 2 is 1.69 bits per heavy atom. The highest BCUT2D eigenvalue weighted by Crippen LogP contribution is 2.54. The molecule has 7 nitrogen and oxygen atoms in total. The fourth-order valence-electron chi connectivity index (χ4n) is 6.49. The number of benzene rings is 3. The molecule has 2 heterocycles. The summed E-state index contributed by atoms with van der Waals surface area (Å²) in [5, 5.41) is 0.367. The molecule has 2 atom stereocenters. The maximum absolute atomic E-state index is 14.7. The van der Waals surface area contributed by atoms with Crippen molar-refractivity contribution in [3.8, 4) is 11.1 Å². The quantitative estimate of drug-likeness (QED) is 0.321. The number of hydrogen-bond donors (Lipinski definition) is 0. The van der Waals surface area contributed by atoms with Crippen LogP contribution in [-0.4, -0.2) is 60.0 Å². The molecule has 3 aromatic rings. The van der Waals surface area contributed by atoms with E-state index in [1.54, 1.807) is 36.0 Å². The summed E-state index contributed by atoms with van der Waals surface area (Å²) in [5.41, 5.74) is 3.08. The van der Waals surface area contributed by atoms with Gasteiger partial charge in [0.2, 0.25) is 5.91 Å². The van der Waals surface area contributed by atoms with Crippen LogP contribution in [0.3, 0.4) is 0 Å². The smallest absolute Gasteiger partial charge is 0.410 e. The van der Waals surface area contributed by atoms with Gasteiger partial charge in [0.25, 0.3) is 5.91 Å². The molecule has 0 aliphatic carbocycles. The maximum Gasteiger partial charge on any atom is 0.410 e. The zero-order valence-corrected chi connectivity index (χ0v) is 26.0. The van der Waals surface area contributed by atoms with Gasteiger partial charge in [-0.25, -0.2) is 4.79 Å². The first-order valence-corrected chi connectivity index (χ1v) is 14.7. The standard InChI is InChI=1S/C34H38ClN3O4/c1-21(2)29-34(17-18-37(29)32(41)42-33(3,4)5)26-13-8-9-14-28(26)38(31(34)40)24-12-10-11-22(19-24)23-15-16-25(27(35)20-23)30(39)36(6)7/h8-16,19-21,29H,17-18H2,1-7H3/t29-,34-/m0/s1. The van der Waals surface area contributed by atoms with E-state index in [2.05, 4.69) is 13.8 Å². The third kappa shape index (κ3) is 4.94. The van der Waals surface area contributed by atoms with E-state index in [1.165, 1.54) is 4.90 Å². The summed E-state index contributed by atoms with van der Waals surface area (Å²) in [5.74, 6) is -0.203. The average Bonchev–Trinajstić information content (AvgIpc) is 3.45. The minimum Gasteiger partial charge on any atom is -0.444 e. The third-order valence-corrected chi connectivity index (χ3v) is 8.41. The Bertz CT molecular complexity index is 1560. The molecule has 1 spiro atoms. The molecule has 5 rings (SSSR count). The lowest BCUT2D eigenvalue weighted by atomic mass is 9.71. The van der Waals surface area contributed by atoms with E-state index in [-0.39, 0.29) is 23.8 Å². The fourth-order valence-corrected chi connectivity index (χ4v) is 6.75. The summed E-state index contributed by atoms with van der Waals surface area (Å²) in [6, 6.07) is 20.7. The molecule has 1 fully saturated rings. The van der Waals surface area contributed by atoms with Crippen molar-refractivity contribution in [3.63, 3.8) is 0 Å². The molecule has 0 saturated carbocycles. The number of amides is 3. The van der Waals surface area contributed by atoms with Crippen molar-refractivity contribution in [3.05, 3.63) is 82.9 Å². The second-order valence-electron chi connectivity index (χ2n) is 12.7. The van der Waals surface area contributed by atoms with Gasteiger partial charge in [0.1, 0.15) is 5.60 Å². The number of ether oxygens (including phenoxy) is 1. The number of halogens is 1. The van der Waals surface area contributed by atoms with E-state index < -0.39 is 17.1 Å². The zero-order valence-electron chi connectivity index (χ0n) is 25.3. The lowest BCUT2D eigenvalue weighted by Gasteiger charge is -2.37. The number of carbonyl (C=O) groups excluding carboxylic acids is 3. The fraction of sp³-hybridized carbons (Fsp3) is 0.382. The van der Waals surface area contributed by atoms with Gasteiger partial charge in [0.15, 0.2) is 0 Å². The molecule has 0 radical (unpaired) electrons. The molecule has 0 N–H and O–H groups in total. The van der Waals surface area contributed by atoms with Gasteiger partial charge in [-0.2, -0.15) is 0 Å². The van der Waals surface area contributed by atoms with Crippen LogP contribution >= 0.6 is 11.6 Å². The van der Waals surface area contributed by atoms with Crippen LogP contribution in [-0.2, 0) is 14.9 Å². The second-order valence-corrected chi connectivity index (χ2v) is 13.1.